The fourth-order valence-electron chi connectivity index (χ4n) is 8.46. The van der Waals surface area contributed by atoms with Crippen molar-refractivity contribution < 1.29 is 13.9 Å². The number of hydrogen-bond donors (Lipinski definition) is 1. The molecule has 0 amide bonds. The fraction of sp³-hybridized carbons (Fsp3) is 0.480. The number of aliphatic imine (C=N–C) groups is 1. The first-order valence-electron chi connectivity index (χ1n) is 11.3. The Hall–Kier alpha value is -2.06. The lowest BCUT2D eigenvalue weighted by molar-refractivity contribution is -0.481. The van der Waals surface area contributed by atoms with Crippen molar-refractivity contribution in [3.05, 3.63) is 61.9 Å². The molecule has 170 valence electrons. The Morgan fingerprint density at radius 3 is 2.67 bits per heavy atom. The van der Waals surface area contributed by atoms with Crippen molar-refractivity contribution in [3.8, 4) is 0 Å². The van der Waals surface area contributed by atoms with Crippen LogP contribution in [0, 0.1) is 46.2 Å². The average Bonchev–Trinajstić information content (AvgIpc) is 3.34. The number of amidine groups is 1. The molecule has 2 heterocycles. The van der Waals surface area contributed by atoms with Gasteiger partial charge in [-0.05, 0) is 69.0 Å². The summed E-state index contributed by atoms with van der Waals surface area (Å²) in [5.41, 5.74) is 2.46. The number of ether oxygens (including phenoxy) is 1. The lowest BCUT2D eigenvalue weighted by atomic mass is 9.07. The lowest BCUT2D eigenvalue weighted by Crippen LogP contribution is -2.93. The molecule has 0 bridgehead atoms. The van der Waals surface area contributed by atoms with Gasteiger partial charge in [0.1, 0.15) is 11.9 Å². The Balaban J connectivity index is 1.43. The normalized spacial score (nSPS) is 38.5. The van der Waals surface area contributed by atoms with Crippen LogP contribution in [0.1, 0.15) is 36.9 Å². The second-order valence-corrected chi connectivity index (χ2v) is 12.2. The highest BCUT2D eigenvalue weighted by molar-refractivity contribution is 9.10. The number of hydrogen-bond acceptors (Lipinski definition) is 6. The zero-order valence-electron chi connectivity index (χ0n) is 18.4. The molecule has 8 heteroatoms. The molecule has 33 heavy (non-hydrogen) atoms. The zero-order valence-corrected chi connectivity index (χ0v) is 20.8. The maximum Gasteiger partial charge on any atom is 0.338 e. The number of halogens is 2. The van der Waals surface area contributed by atoms with Crippen molar-refractivity contribution in [1.29, 1.82) is 0 Å². The Morgan fingerprint density at radius 1 is 1.27 bits per heavy atom. The second-order valence-electron chi connectivity index (χ2n) is 10.5. The van der Waals surface area contributed by atoms with Gasteiger partial charge in [-0.25, -0.2) is 14.2 Å². The summed E-state index contributed by atoms with van der Waals surface area (Å²) in [5, 5.41) is 6.25. The molecule has 1 aromatic heterocycles. The number of esters is 1. The summed E-state index contributed by atoms with van der Waals surface area (Å²) in [6.45, 7) is 4.81. The summed E-state index contributed by atoms with van der Waals surface area (Å²) < 4.78 is 20.2. The summed E-state index contributed by atoms with van der Waals surface area (Å²) in [5.74, 6) is 3.03. The monoisotopic (exact) mass is 527 g/mol. The van der Waals surface area contributed by atoms with Gasteiger partial charge in [-0.3, -0.25) is 4.99 Å². The quantitative estimate of drug-likeness (QED) is 0.561. The summed E-state index contributed by atoms with van der Waals surface area (Å²) in [7, 11) is 1.41. The number of thiazole rings is 1. The molecule has 5 atom stereocenters. The molecule has 4 aliphatic carbocycles. The molecule has 0 radical (unpaired) electrons. The summed E-state index contributed by atoms with van der Waals surface area (Å²) in [6, 6.07) is 4.22. The van der Waals surface area contributed by atoms with Crippen molar-refractivity contribution in [1.82, 2.24) is 10.3 Å². The SMILES string of the molecule is COC(=O)C1=C(C23C4CC2C2C3C4C2(C)C)NC(c2nccs2)=NC1c1cccc(F)c1Br. The predicted molar refractivity (Wildman–Crippen MR) is 126 cm³/mol. The third kappa shape index (κ3) is 2.12. The number of rotatable bonds is 4. The Bertz CT molecular complexity index is 1250. The maximum absolute atomic E-state index is 14.6. The lowest BCUT2D eigenvalue weighted by Gasteiger charge is -2.96. The minimum Gasteiger partial charge on any atom is -0.466 e. The number of methoxy groups -OCH3 is 1. The number of benzene rings is 1. The first-order chi connectivity index (χ1) is 15.8. The smallest absolute Gasteiger partial charge is 0.338 e. The van der Waals surface area contributed by atoms with Crippen molar-refractivity contribution in [3.63, 3.8) is 0 Å². The van der Waals surface area contributed by atoms with Gasteiger partial charge in [0, 0.05) is 22.7 Å². The first-order valence-corrected chi connectivity index (χ1v) is 13.0. The van der Waals surface area contributed by atoms with E-state index in [-0.39, 0.29) is 11.2 Å². The molecule has 4 fully saturated rings. The predicted octanol–water partition coefficient (Wildman–Crippen LogP) is 5.10. The van der Waals surface area contributed by atoms with Crippen LogP contribution < -0.4 is 5.32 Å². The molecule has 4 saturated carbocycles. The van der Waals surface area contributed by atoms with E-state index in [0.29, 0.717) is 56.4 Å². The van der Waals surface area contributed by atoms with E-state index in [1.54, 1.807) is 12.3 Å². The minimum absolute atomic E-state index is 0.00905. The van der Waals surface area contributed by atoms with E-state index in [1.807, 2.05) is 11.4 Å². The van der Waals surface area contributed by atoms with Gasteiger partial charge >= 0.3 is 5.97 Å². The number of allylic oxidation sites excluding steroid dienone is 1. The van der Waals surface area contributed by atoms with Crippen LogP contribution in [0.25, 0.3) is 0 Å². The van der Waals surface area contributed by atoms with Crippen LogP contribution in [0.15, 0.2) is 50.5 Å². The van der Waals surface area contributed by atoms with Crippen LogP contribution >= 0.6 is 27.3 Å². The van der Waals surface area contributed by atoms with Gasteiger partial charge in [-0.2, -0.15) is 0 Å². The summed E-state index contributed by atoms with van der Waals surface area (Å²) in [6.07, 6.45) is 2.98. The third-order valence-electron chi connectivity index (χ3n) is 9.44. The van der Waals surface area contributed by atoms with E-state index in [2.05, 4.69) is 40.1 Å². The van der Waals surface area contributed by atoms with Crippen LogP contribution in [0.2, 0.25) is 0 Å². The van der Waals surface area contributed by atoms with Gasteiger partial charge in [0.2, 0.25) is 0 Å². The van der Waals surface area contributed by atoms with E-state index in [4.69, 9.17) is 9.73 Å². The number of carbonyl (C=O) groups excluding carboxylic acids is 1. The number of fused-ring (bicyclic) bond motifs is 2. The average molecular weight is 528 g/mol. The first kappa shape index (κ1) is 20.3. The van der Waals surface area contributed by atoms with Crippen LogP contribution in [-0.4, -0.2) is 23.9 Å². The molecule has 1 aromatic carbocycles. The van der Waals surface area contributed by atoms with Gasteiger partial charge in [0.15, 0.2) is 10.8 Å². The van der Waals surface area contributed by atoms with Crippen LogP contribution in [0.4, 0.5) is 4.39 Å². The largest absolute Gasteiger partial charge is 0.466 e. The minimum atomic E-state index is -0.669. The summed E-state index contributed by atoms with van der Waals surface area (Å²) in [4.78, 5) is 22.7. The van der Waals surface area contributed by atoms with Gasteiger partial charge in [-0.15, -0.1) is 11.3 Å². The van der Waals surface area contributed by atoms with Crippen LogP contribution in [0.3, 0.4) is 0 Å². The van der Waals surface area contributed by atoms with Gasteiger partial charge in [-0.1, -0.05) is 26.0 Å². The molecular formula is C25H23BrFN3O2S. The molecular weight excluding hydrogens is 505 g/mol. The second kappa shape index (κ2) is 6.33. The van der Waals surface area contributed by atoms with E-state index < -0.39 is 12.0 Å². The molecule has 0 spiro atoms. The molecule has 2 aromatic rings. The molecule has 1 N–H and O–H groups in total. The van der Waals surface area contributed by atoms with E-state index in [0.717, 1.165) is 10.7 Å². The summed E-state index contributed by atoms with van der Waals surface area (Å²) >= 11 is 4.91. The molecule has 7 rings (SSSR count). The van der Waals surface area contributed by atoms with E-state index in [1.165, 1.54) is 30.9 Å². The van der Waals surface area contributed by atoms with Crippen LogP contribution in [0.5, 0.6) is 0 Å². The van der Waals surface area contributed by atoms with Crippen molar-refractivity contribution in [2.75, 3.05) is 7.11 Å². The molecule has 5 nitrogen and oxygen atoms in total. The number of nitrogens with one attached hydrogen (secondary N) is 1. The fourth-order valence-corrected chi connectivity index (χ4v) is 9.53. The van der Waals surface area contributed by atoms with Crippen molar-refractivity contribution in [2.45, 2.75) is 26.3 Å². The topological polar surface area (TPSA) is 63.6 Å². The zero-order chi connectivity index (χ0) is 22.9. The van der Waals surface area contributed by atoms with E-state index in [9.17, 15) is 9.18 Å². The van der Waals surface area contributed by atoms with E-state index >= 15 is 0 Å². The Labute approximate surface area is 203 Å². The standard InChI is InChI=1S/C25H23BrFN3O2S/c1-24(2)15-11-9-12-16(24)17(15)25(11,12)20-14(23(31)32-3)19(10-5-4-6-13(27)18(10)26)29-21(30-20)22-28-7-8-33-22/h4-8,11-12,15-17,19H,9H2,1-3H3,(H,29,30). The van der Waals surface area contributed by atoms with Crippen molar-refractivity contribution >= 4 is 39.1 Å². The highest BCUT2D eigenvalue weighted by Crippen LogP contribution is 2.97. The van der Waals surface area contributed by atoms with Gasteiger partial charge in [0.05, 0.1) is 17.2 Å². The highest BCUT2D eigenvalue weighted by atomic mass is 79.9. The molecule has 5 aliphatic rings. The molecule has 1 aliphatic heterocycles. The van der Waals surface area contributed by atoms with Crippen molar-refractivity contribution in [2.24, 2.45) is 45.4 Å². The Kier molecular flexibility index (Phi) is 3.90. The van der Waals surface area contributed by atoms with Crippen LogP contribution in [-0.2, 0) is 9.53 Å². The molecule has 0 saturated heterocycles. The van der Waals surface area contributed by atoms with Gasteiger partial charge in [0.25, 0.3) is 0 Å². The Morgan fingerprint density at radius 2 is 2.03 bits per heavy atom. The number of nitrogens with zero attached hydrogens (tertiary/aromatic N) is 2. The number of carbonyl (C=O) groups is 1. The highest BCUT2D eigenvalue weighted by Gasteiger charge is 2.94. The number of aromatic nitrogens is 1. The van der Waals surface area contributed by atoms with Gasteiger partial charge < -0.3 is 10.1 Å². The maximum atomic E-state index is 14.6. The third-order valence-corrected chi connectivity index (χ3v) is 11.1. The molecule has 5 unspecified atom stereocenters.